The predicted octanol–water partition coefficient (Wildman–Crippen LogP) is 1.41. The summed E-state index contributed by atoms with van der Waals surface area (Å²) < 4.78 is 18.9. The van der Waals surface area contributed by atoms with Crippen molar-refractivity contribution in [2.75, 3.05) is 43.1 Å². The molecular weight excluding hydrogens is 391 g/mol. The summed E-state index contributed by atoms with van der Waals surface area (Å²) in [4.78, 5) is 35.4. The van der Waals surface area contributed by atoms with Crippen LogP contribution in [0.2, 0.25) is 0 Å². The highest BCUT2D eigenvalue weighted by Crippen LogP contribution is 2.25. The van der Waals surface area contributed by atoms with Crippen molar-refractivity contribution >= 4 is 39.9 Å². The Kier molecular flexibility index (Phi) is 4.16. The maximum Gasteiger partial charge on any atom is 0.295 e. The van der Waals surface area contributed by atoms with Crippen molar-refractivity contribution in [3.63, 3.8) is 0 Å². The molecular formula is C19H19FN8O2. The monoisotopic (exact) mass is 410 g/mol. The van der Waals surface area contributed by atoms with Crippen LogP contribution in [0.15, 0.2) is 24.3 Å². The summed E-state index contributed by atoms with van der Waals surface area (Å²) in [6.45, 7) is 2.79. The Morgan fingerprint density at radius 1 is 1.07 bits per heavy atom. The molecule has 4 N–H and O–H groups in total. The highest BCUT2D eigenvalue weighted by Gasteiger charge is 2.22. The van der Waals surface area contributed by atoms with Gasteiger partial charge in [-0.05, 0) is 24.3 Å². The number of nitrogens with one attached hydrogen (secondary N) is 2. The normalized spacial score (nSPS) is 14.6. The fourth-order valence-corrected chi connectivity index (χ4v) is 3.69. The van der Waals surface area contributed by atoms with E-state index in [2.05, 4.69) is 34.7 Å². The quantitative estimate of drug-likeness (QED) is 0.464. The fraction of sp³-hybridized carbons (Fsp3) is 0.263. The van der Waals surface area contributed by atoms with Gasteiger partial charge in [-0.1, -0.05) is 0 Å². The topological polar surface area (TPSA) is 129 Å². The number of carbonyl (C=O) groups is 1. The minimum Gasteiger partial charge on any atom is -0.468 e. The second kappa shape index (κ2) is 6.87. The van der Waals surface area contributed by atoms with E-state index in [-0.39, 0.29) is 5.56 Å². The van der Waals surface area contributed by atoms with Crippen molar-refractivity contribution in [3.8, 4) is 6.01 Å². The molecule has 1 fully saturated rings. The molecule has 0 atom stereocenters. The van der Waals surface area contributed by atoms with Gasteiger partial charge in [0, 0.05) is 26.2 Å². The van der Waals surface area contributed by atoms with E-state index >= 15 is 0 Å². The number of nitrogens with two attached hydrogens (primary N) is 1. The summed E-state index contributed by atoms with van der Waals surface area (Å²) in [6.07, 6.45) is 0. The van der Waals surface area contributed by atoms with Gasteiger partial charge in [0.2, 0.25) is 5.95 Å². The molecule has 1 aromatic carbocycles. The standard InChI is InChI=1S/C19H19FN8O2/c1-30-19-23-12-2-3-14(24-17(12)26-19)27-4-6-28(7-5-27)18-22-13-9-10(20)8-11(16(21)29)15(13)25-18/h2-3,8-9H,4-7H2,1H3,(H2,21,29)(H,22,25)(H,23,24,26). The zero-order valence-corrected chi connectivity index (χ0v) is 16.1. The Balaban J connectivity index is 1.36. The first-order chi connectivity index (χ1) is 14.5. The minimum absolute atomic E-state index is 0.0677. The number of halogens is 1. The molecule has 4 heterocycles. The number of H-pyrrole nitrogens is 2. The van der Waals surface area contributed by atoms with Crippen LogP contribution in [-0.2, 0) is 0 Å². The van der Waals surface area contributed by atoms with Gasteiger partial charge in [-0.15, -0.1) is 0 Å². The van der Waals surface area contributed by atoms with Crippen LogP contribution in [0.1, 0.15) is 10.4 Å². The van der Waals surface area contributed by atoms with Gasteiger partial charge in [0.25, 0.3) is 11.9 Å². The number of imidazole rings is 2. The lowest BCUT2D eigenvalue weighted by atomic mass is 10.1. The number of primary amides is 1. The van der Waals surface area contributed by atoms with Gasteiger partial charge in [-0.2, -0.15) is 4.98 Å². The first-order valence-corrected chi connectivity index (χ1v) is 9.41. The predicted molar refractivity (Wildman–Crippen MR) is 109 cm³/mol. The van der Waals surface area contributed by atoms with E-state index in [0.29, 0.717) is 54.8 Å². The number of anilines is 2. The molecule has 1 amide bonds. The van der Waals surface area contributed by atoms with Crippen LogP contribution < -0.4 is 20.3 Å². The number of pyridine rings is 1. The first-order valence-electron chi connectivity index (χ1n) is 9.41. The first kappa shape index (κ1) is 18.2. The number of ether oxygens (including phenoxy) is 1. The number of nitrogens with zero attached hydrogens (tertiary/aromatic N) is 5. The van der Waals surface area contributed by atoms with Crippen LogP contribution in [0.4, 0.5) is 16.2 Å². The molecule has 0 radical (unpaired) electrons. The van der Waals surface area contributed by atoms with E-state index in [0.717, 1.165) is 17.4 Å². The van der Waals surface area contributed by atoms with E-state index in [1.807, 2.05) is 12.1 Å². The molecule has 0 bridgehead atoms. The summed E-state index contributed by atoms with van der Waals surface area (Å²) in [6, 6.07) is 6.72. The zero-order chi connectivity index (χ0) is 20.8. The number of aromatic amines is 2. The maximum absolute atomic E-state index is 13.8. The number of carbonyl (C=O) groups excluding carboxylic acids is 1. The van der Waals surface area contributed by atoms with Gasteiger partial charge in [0.05, 0.1) is 23.7 Å². The molecule has 3 aromatic heterocycles. The minimum atomic E-state index is -0.709. The Morgan fingerprint density at radius 2 is 1.83 bits per heavy atom. The molecule has 5 rings (SSSR count). The molecule has 1 saturated heterocycles. The van der Waals surface area contributed by atoms with Crippen LogP contribution in [-0.4, -0.2) is 64.1 Å². The largest absolute Gasteiger partial charge is 0.468 e. The van der Waals surface area contributed by atoms with Crippen LogP contribution in [0.3, 0.4) is 0 Å². The third kappa shape index (κ3) is 3.04. The number of amides is 1. The zero-order valence-electron chi connectivity index (χ0n) is 16.1. The Labute approximate surface area is 169 Å². The molecule has 10 nitrogen and oxygen atoms in total. The molecule has 11 heteroatoms. The van der Waals surface area contributed by atoms with Gasteiger partial charge in [0.15, 0.2) is 5.65 Å². The van der Waals surface area contributed by atoms with E-state index in [1.165, 1.54) is 6.07 Å². The number of fused-ring (bicyclic) bond motifs is 2. The lowest BCUT2D eigenvalue weighted by Crippen LogP contribution is -2.47. The summed E-state index contributed by atoms with van der Waals surface area (Å²) in [5.74, 6) is 0.170. The van der Waals surface area contributed by atoms with Gasteiger partial charge in [-0.25, -0.2) is 14.4 Å². The molecule has 1 aliphatic rings. The summed E-state index contributed by atoms with van der Waals surface area (Å²) in [7, 11) is 1.55. The molecule has 1 aliphatic heterocycles. The molecule has 154 valence electrons. The molecule has 30 heavy (non-hydrogen) atoms. The van der Waals surface area contributed by atoms with Gasteiger partial charge in [0.1, 0.15) is 17.2 Å². The van der Waals surface area contributed by atoms with Crippen LogP contribution in [0.5, 0.6) is 6.01 Å². The number of rotatable bonds is 4. The summed E-state index contributed by atoms with van der Waals surface area (Å²) >= 11 is 0. The SMILES string of the molecule is COc1nc2nc(N3CCN(c4nc5c(C(N)=O)cc(F)cc5[nH]4)CC3)ccc2[nH]1. The Hall–Kier alpha value is -3.89. The molecule has 0 aliphatic carbocycles. The van der Waals surface area contributed by atoms with Gasteiger partial charge < -0.3 is 30.2 Å². The average Bonchev–Trinajstić information content (AvgIpc) is 3.36. The van der Waals surface area contributed by atoms with Crippen molar-refractivity contribution in [1.29, 1.82) is 0 Å². The van der Waals surface area contributed by atoms with Crippen LogP contribution in [0, 0.1) is 5.82 Å². The summed E-state index contributed by atoms with van der Waals surface area (Å²) in [5, 5.41) is 0. The molecule has 0 unspecified atom stereocenters. The van der Waals surface area contributed by atoms with Crippen molar-refractivity contribution in [1.82, 2.24) is 24.9 Å². The third-order valence-electron chi connectivity index (χ3n) is 5.21. The Morgan fingerprint density at radius 3 is 2.57 bits per heavy atom. The van der Waals surface area contributed by atoms with E-state index < -0.39 is 11.7 Å². The van der Waals surface area contributed by atoms with Crippen LogP contribution >= 0.6 is 0 Å². The number of hydrogen-bond donors (Lipinski definition) is 3. The molecule has 0 spiro atoms. The van der Waals surface area contributed by atoms with Crippen molar-refractivity contribution in [2.24, 2.45) is 5.73 Å². The van der Waals surface area contributed by atoms with E-state index in [4.69, 9.17) is 10.5 Å². The lowest BCUT2D eigenvalue weighted by molar-refractivity contribution is 0.100. The lowest BCUT2D eigenvalue weighted by Gasteiger charge is -2.35. The number of aromatic nitrogens is 5. The van der Waals surface area contributed by atoms with E-state index in [1.54, 1.807) is 7.11 Å². The molecule has 4 aromatic rings. The second-order valence-electron chi connectivity index (χ2n) is 7.03. The van der Waals surface area contributed by atoms with Gasteiger partial charge in [-0.3, -0.25) is 4.79 Å². The van der Waals surface area contributed by atoms with Crippen LogP contribution in [0.25, 0.3) is 22.2 Å². The second-order valence-corrected chi connectivity index (χ2v) is 7.03. The summed E-state index contributed by atoms with van der Waals surface area (Å²) in [5.41, 5.74) is 7.67. The van der Waals surface area contributed by atoms with E-state index in [9.17, 15) is 9.18 Å². The van der Waals surface area contributed by atoms with Crippen molar-refractivity contribution < 1.29 is 13.9 Å². The third-order valence-corrected chi connectivity index (χ3v) is 5.21. The molecule has 0 saturated carbocycles. The number of piperazine rings is 1. The van der Waals surface area contributed by atoms with Crippen molar-refractivity contribution in [2.45, 2.75) is 0 Å². The highest BCUT2D eigenvalue weighted by molar-refractivity contribution is 6.04. The Bertz CT molecular complexity index is 1260. The number of hydrogen-bond acceptors (Lipinski definition) is 7. The van der Waals surface area contributed by atoms with Crippen molar-refractivity contribution in [3.05, 3.63) is 35.6 Å². The number of methoxy groups -OCH3 is 1. The average molecular weight is 410 g/mol. The fourth-order valence-electron chi connectivity index (χ4n) is 3.69. The number of benzene rings is 1. The maximum atomic E-state index is 13.8. The smallest absolute Gasteiger partial charge is 0.295 e. The van der Waals surface area contributed by atoms with Gasteiger partial charge >= 0.3 is 0 Å². The highest BCUT2D eigenvalue weighted by atomic mass is 19.1.